The van der Waals surface area contributed by atoms with Crippen LogP contribution in [0.15, 0.2) is 18.2 Å². The third-order valence-corrected chi connectivity index (χ3v) is 2.56. The summed E-state index contributed by atoms with van der Waals surface area (Å²) in [6.07, 6.45) is 3.44. The summed E-state index contributed by atoms with van der Waals surface area (Å²) in [4.78, 5) is 15.1. The van der Waals surface area contributed by atoms with Crippen molar-refractivity contribution in [2.24, 2.45) is 0 Å². The molecule has 0 aromatic carbocycles. The molecule has 0 aliphatic rings. The van der Waals surface area contributed by atoms with Gasteiger partial charge in [0.15, 0.2) is 0 Å². The van der Waals surface area contributed by atoms with E-state index in [1.165, 1.54) is 4.88 Å². The van der Waals surface area contributed by atoms with Crippen LogP contribution in [-0.4, -0.2) is 24.9 Å². The van der Waals surface area contributed by atoms with E-state index in [0.717, 1.165) is 4.88 Å². The Labute approximate surface area is 82.5 Å². The Kier molecular flexibility index (Phi) is 3.25. The van der Waals surface area contributed by atoms with Crippen LogP contribution >= 0.6 is 11.3 Å². The summed E-state index contributed by atoms with van der Waals surface area (Å²) in [5, 5.41) is 0. The molecule has 70 valence electrons. The molecule has 1 heterocycles. The van der Waals surface area contributed by atoms with Gasteiger partial charge in [0.2, 0.25) is 5.91 Å². The highest BCUT2D eigenvalue weighted by Gasteiger charge is 1.97. The molecule has 2 nitrogen and oxygen atoms in total. The zero-order chi connectivity index (χ0) is 9.84. The molecule has 1 amide bonds. The van der Waals surface area contributed by atoms with Gasteiger partial charge < -0.3 is 4.90 Å². The summed E-state index contributed by atoms with van der Waals surface area (Å²) in [5.41, 5.74) is 0. The van der Waals surface area contributed by atoms with Crippen LogP contribution in [-0.2, 0) is 4.79 Å². The van der Waals surface area contributed by atoms with Crippen molar-refractivity contribution in [3.05, 3.63) is 28.0 Å². The molecule has 0 N–H and O–H groups in total. The Morgan fingerprint density at radius 2 is 2.15 bits per heavy atom. The first-order valence-electron chi connectivity index (χ1n) is 4.05. The fourth-order valence-corrected chi connectivity index (χ4v) is 1.63. The van der Waals surface area contributed by atoms with Crippen molar-refractivity contribution >= 4 is 23.3 Å². The smallest absolute Gasteiger partial charge is 0.246 e. The number of likely N-dealkylation sites (N-methyl/N-ethyl adjacent to an activating group) is 1. The molecule has 0 spiro atoms. The lowest BCUT2D eigenvalue weighted by atomic mass is 10.4. The van der Waals surface area contributed by atoms with Crippen molar-refractivity contribution in [3.63, 3.8) is 0 Å². The molecule has 0 fully saturated rings. The van der Waals surface area contributed by atoms with Crippen molar-refractivity contribution < 1.29 is 4.79 Å². The van der Waals surface area contributed by atoms with Crippen LogP contribution in [0.3, 0.4) is 0 Å². The lowest BCUT2D eigenvalue weighted by Gasteiger charge is -2.04. The summed E-state index contributed by atoms with van der Waals surface area (Å²) < 4.78 is 0. The fraction of sp³-hybridized carbons (Fsp3) is 0.300. The number of amides is 1. The van der Waals surface area contributed by atoms with E-state index in [1.807, 2.05) is 18.2 Å². The van der Waals surface area contributed by atoms with Gasteiger partial charge in [-0.15, -0.1) is 11.3 Å². The second kappa shape index (κ2) is 4.23. The molecule has 3 heteroatoms. The lowest BCUT2D eigenvalue weighted by molar-refractivity contribution is -0.123. The number of thiophene rings is 1. The minimum Gasteiger partial charge on any atom is -0.345 e. The minimum atomic E-state index is 0.0195. The summed E-state index contributed by atoms with van der Waals surface area (Å²) in [5.74, 6) is 0.0195. The molecule has 0 radical (unpaired) electrons. The van der Waals surface area contributed by atoms with Crippen LogP contribution in [0, 0.1) is 6.92 Å². The average molecular weight is 195 g/mol. The normalized spacial score (nSPS) is 10.7. The monoisotopic (exact) mass is 195 g/mol. The topological polar surface area (TPSA) is 20.3 Å². The van der Waals surface area contributed by atoms with E-state index in [0.29, 0.717) is 0 Å². The summed E-state index contributed by atoms with van der Waals surface area (Å²) in [6.45, 7) is 2.05. The summed E-state index contributed by atoms with van der Waals surface area (Å²) in [7, 11) is 3.48. The number of aryl methyl sites for hydroxylation is 1. The second-order valence-electron chi connectivity index (χ2n) is 3.01. The van der Waals surface area contributed by atoms with E-state index in [2.05, 4.69) is 6.92 Å². The van der Waals surface area contributed by atoms with Gasteiger partial charge in [0.1, 0.15) is 0 Å². The highest BCUT2D eigenvalue weighted by molar-refractivity contribution is 7.12. The van der Waals surface area contributed by atoms with Crippen molar-refractivity contribution in [1.82, 2.24) is 4.90 Å². The number of nitrogens with zero attached hydrogens (tertiary/aromatic N) is 1. The number of rotatable bonds is 2. The van der Waals surface area contributed by atoms with Gasteiger partial charge in [0.05, 0.1) is 0 Å². The standard InChI is InChI=1S/C10H13NOS/c1-8-4-5-9(13-8)6-7-10(12)11(2)3/h4-7H,1-3H3/b7-6+. The van der Waals surface area contributed by atoms with E-state index in [1.54, 1.807) is 36.4 Å². The van der Waals surface area contributed by atoms with Gasteiger partial charge in [-0.1, -0.05) is 0 Å². The molecule has 0 aliphatic heterocycles. The Bertz CT molecular complexity index is 325. The molecular weight excluding hydrogens is 182 g/mol. The van der Waals surface area contributed by atoms with Crippen LogP contribution in [0.1, 0.15) is 9.75 Å². The quantitative estimate of drug-likeness (QED) is 0.662. The van der Waals surface area contributed by atoms with E-state index in [4.69, 9.17) is 0 Å². The van der Waals surface area contributed by atoms with Crippen molar-refractivity contribution in [3.8, 4) is 0 Å². The van der Waals surface area contributed by atoms with Gasteiger partial charge >= 0.3 is 0 Å². The maximum atomic E-state index is 11.2. The van der Waals surface area contributed by atoms with E-state index >= 15 is 0 Å². The summed E-state index contributed by atoms with van der Waals surface area (Å²) >= 11 is 1.68. The summed E-state index contributed by atoms with van der Waals surface area (Å²) in [6, 6.07) is 4.06. The maximum Gasteiger partial charge on any atom is 0.246 e. The molecule has 0 saturated carbocycles. The molecule has 0 saturated heterocycles. The Hall–Kier alpha value is -1.09. The Morgan fingerprint density at radius 3 is 2.62 bits per heavy atom. The Balaban J connectivity index is 2.64. The maximum absolute atomic E-state index is 11.2. The largest absolute Gasteiger partial charge is 0.345 e. The number of carbonyl (C=O) groups is 1. The van der Waals surface area contributed by atoms with Crippen LogP contribution in [0.5, 0.6) is 0 Å². The fourth-order valence-electron chi connectivity index (χ4n) is 0.845. The number of hydrogen-bond acceptors (Lipinski definition) is 2. The molecule has 1 aromatic heterocycles. The van der Waals surface area contributed by atoms with Gasteiger partial charge in [-0.05, 0) is 25.1 Å². The zero-order valence-electron chi connectivity index (χ0n) is 8.07. The lowest BCUT2D eigenvalue weighted by Crippen LogP contribution is -2.18. The van der Waals surface area contributed by atoms with Crippen molar-refractivity contribution in [2.45, 2.75) is 6.92 Å². The molecule has 13 heavy (non-hydrogen) atoms. The number of hydrogen-bond donors (Lipinski definition) is 0. The SMILES string of the molecule is Cc1ccc(/C=C/C(=O)N(C)C)s1. The predicted octanol–water partition coefficient (Wildman–Crippen LogP) is 2.16. The van der Waals surface area contributed by atoms with Crippen LogP contribution in [0.2, 0.25) is 0 Å². The first kappa shape index (κ1) is 9.99. The van der Waals surface area contributed by atoms with Crippen molar-refractivity contribution in [1.29, 1.82) is 0 Å². The highest BCUT2D eigenvalue weighted by atomic mass is 32.1. The van der Waals surface area contributed by atoms with Crippen LogP contribution < -0.4 is 0 Å². The van der Waals surface area contributed by atoms with Crippen LogP contribution in [0.4, 0.5) is 0 Å². The van der Waals surface area contributed by atoms with Gasteiger partial charge in [-0.3, -0.25) is 4.79 Å². The zero-order valence-corrected chi connectivity index (χ0v) is 8.89. The minimum absolute atomic E-state index is 0.0195. The van der Waals surface area contributed by atoms with E-state index in [9.17, 15) is 4.79 Å². The molecular formula is C10H13NOS. The Morgan fingerprint density at radius 1 is 1.46 bits per heavy atom. The average Bonchev–Trinajstić information content (AvgIpc) is 2.47. The van der Waals surface area contributed by atoms with Crippen LogP contribution in [0.25, 0.3) is 6.08 Å². The molecule has 0 aliphatic carbocycles. The molecule has 0 atom stereocenters. The highest BCUT2D eigenvalue weighted by Crippen LogP contribution is 2.16. The first-order valence-corrected chi connectivity index (χ1v) is 4.87. The predicted molar refractivity (Wildman–Crippen MR) is 56.8 cm³/mol. The molecule has 1 aromatic rings. The van der Waals surface area contributed by atoms with Gasteiger partial charge in [-0.25, -0.2) is 0 Å². The van der Waals surface area contributed by atoms with Gasteiger partial charge in [-0.2, -0.15) is 0 Å². The molecule has 0 unspecified atom stereocenters. The second-order valence-corrected chi connectivity index (χ2v) is 4.33. The first-order chi connectivity index (χ1) is 6.09. The van der Waals surface area contributed by atoms with Crippen molar-refractivity contribution in [2.75, 3.05) is 14.1 Å². The molecule has 0 bridgehead atoms. The third-order valence-electron chi connectivity index (χ3n) is 1.59. The molecule has 1 rings (SSSR count). The van der Waals surface area contributed by atoms with Gasteiger partial charge in [0.25, 0.3) is 0 Å². The van der Waals surface area contributed by atoms with E-state index in [-0.39, 0.29) is 5.91 Å². The number of carbonyl (C=O) groups excluding carboxylic acids is 1. The third kappa shape index (κ3) is 3.03. The van der Waals surface area contributed by atoms with Gasteiger partial charge in [0, 0.05) is 29.9 Å². The van der Waals surface area contributed by atoms with E-state index < -0.39 is 0 Å².